The molecule has 0 amide bonds. The van der Waals surface area contributed by atoms with Crippen LogP contribution in [0.5, 0.6) is 0 Å². The topological polar surface area (TPSA) is 108 Å². The summed E-state index contributed by atoms with van der Waals surface area (Å²) in [5.74, 6) is -0.000414. The molecule has 1 unspecified atom stereocenters. The van der Waals surface area contributed by atoms with Crippen molar-refractivity contribution in [3.63, 3.8) is 0 Å². The quantitative estimate of drug-likeness (QED) is 0.442. The number of nitrogens with zero attached hydrogens (tertiary/aromatic N) is 4. The highest BCUT2D eigenvalue weighted by atomic mass is 19.1. The van der Waals surface area contributed by atoms with E-state index in [2.05, 4.69) is 20.3 Å². The number of hydrogen-bond acceptors (Lipinski definition) is 6. The second-order valence-corrected chi connectivity index (χ2v) is 2.94. The highest BCUT2D eigenvalue weighted by Crippen LogP contribution is 2.16. The Labute approximate surface area is 84.3 Å². The van der Waals surface area contributed by atoms with Crippen LogP contribution in [0.4, 0.5) is 10.2 Å². The molecule has 0 aliphatic carbocycles. The minimum absolute atomic E-state index is 0.000414. The fourth-order valence-electron chi connectivity index (χ4n) is 1.25. The lowest BCUT2D eigenvalue weighted by atomic mass is 10.5. The minimum atomic E-state index is -0.898. The second kappa shape index (κ2) is 3.41. The van der Waals surface area contributed by atoms with E-state index in [1.165, 1.54) is 10.9 Å². The molecule has 0 bridgehead atoms. The van der Waals surface area contributed by atoms with E-state index in [0.29, 0.717) is 5.52 Å². The molecule has 80 valence electrons. The zero-order chi connectivity index (χ0) is 11.0. The number of rotatable bonds is 2. The number of nitrogen functional groups attached to an aromatic ring is 1. The molecule has 8 heteroatoms. The Kier molecular flexibility index (Phi) is 2.21. The Morgan fingerprint density at radius 1 is 1.53 bits per heavy atom. The SMILES string of the molecule is CNC(N)n1cnc2c(N)nc(F)nc21. The molecule has 0 spiro atoms. The van der Waals surface area contributed by atoms with E-state index in [0.717, 1.165) is 0 Å². The molecule has 7 nitrogen and oxygen atoms in total. The number of anilines is 1. The van der Waals surface area contributed by atoms with Gasteiger partial charge in [0.05, 0.1) is 6.33 Å². The molecule has 0 radical (unpaired) electrons. The summed E-state index contributed by atoms with van der Waals surface area (Å²) in [6.45, 7) is 0. The molecule has 2 rings (SSSR count). The summed E-state index contributed by atoms with van der Waals surface area (Å²) in [6, 6.07) is 0. The molecule has 0 aliphatic rings. The van der Waals surface area contributed by atoms with Crippen LogP contribution in [-0.4, -0.2) is 26.6 Å². The molecule has 2 aromatic rings. The summed E-state index contributed by atoms with van der Waals surface area (Å²) in [5, 5.41) is 2.78. The van der Waals surface area contributed by atoms with Crippen LogP contribution >= 0.6 is 0 Å². The fourth-order valence-corrected chi connectivity index (χ4v) is 1.25. The number of hydrogen-bond donors (Lipinski definition) is 3. The summed E-state index contributed by atoms with van der Waals surface area (Å²) in [5.41, 5.74) is 11.8. The molecule has 0 aromatic carbocycles. The van der Waals surface area contributed by atoms with E-state index in [1.807, 2.05) is 0 Å². The molecule has 15 heavy (non-hydrogen) atoms. The Bertz CT molecular complexity index is 493. The number of nitrogens with one attached hydrogen (secondary N) is 1. The van der Waals surface area contributed by atoms with E-state index >= 15 is 0 Å². The third kappa shape index (κ3) is 1.49. The third-order valence-corrected chi connectivity index (χ3v) is 2.02. The molecule has 0 fully saturated rings. The fraction of sp³-hybridized carbons (Fsp3) is 0.286. The summed E-state index contributed by atoms with van der Waals surface area (Å²) in [7, 11) is 1.66. The summed E-state index contributed by atoms with van der Waals surface area (Å²) >= 11 is 0. The molecular weight excluding hydrogens is 201 g/mol. The highest BCUT2D eigenvalue weighted by Gasteiger charge is 2.13. The van der Waals surface area contributed by atoms with Gasteiger partial charge in [0.25, 0.3) is 0 Å². The van der Waals surface area contributed by atoms with Gasteiger partial charge in [-0.25, -0.2) is 4.98 Å². The zero-order valence-corrected chi connectivity index (χ0v) is 7.98. The Balaban J connectivity index is 2.68. The average Bonchev–Trinajstić information content (AvgIpc) is 2.60. The first-order valence-electron chi connectivity index (χ1n) is 4.22. The van der Waals surface area contributed by atoms with Gasteiger partial charge in [0.2, 0.25) is 0 Å². The van der Waals surface area contributed by atoms with Crippen molar-refractivity contribution in [3.8, 4) is 0 Å². The van der Waals surface area contributed by atoms with Crippen molar-refractivity contribution in [1.29, 1.82) is 0 Å². The third-order valence-electron chi connectivity index (χ3n) is 2.02. The first kappa shape index (κ1) is 9.74. The lowest BCUT2D eigenvalue weighted by molar-refractivity contribution is 0.458. The summed E-state index contributed by atoms with van der Waals surface area (Å²) in [6.07, 6.45) is -0.00944. The lowest BCUT2D eigenvalue weighted by Crippen LogP contribution is -2.30. The first-order chi connectivity index (χ1) is 7.13. The summed E-state index contributed by atoms with van der Waals surface area (Å²) < 4.78 is 14.4. The predicted molar refractivity (Wildman–Crippen MR) is 52.0 cm³/mol. The van der Waals surface area contributed by atoms with Gasteiger partial charge in [0, 0.05) is 0 Å². The van der Waals surface area contributed by atoms with E-state index < -0.39 is 12.4 Å². The number of halogens is 1. The van der Waals surface area contributed by atoms with Crippen molar-refractivity contribution in [2.75, 3.05) is 12.8 Å². The van der Waals surface area contributed by atoms with Crippen molar-refractivity contribution in [2.24, 2.45) is 5.73 Å². The number of imidazole rings is 1. The van der Waals surface area contributed by atoms with Crippen LogP contribution in [0, 0.1) is 6.08 Å². The van der Waals surface area contributed by atoms with E-state index in [-0.39, 0.29) is 11.5 Å². The Hall–Kier alpha value is -1.80. The predicted octanol–water partition coefficient (Wildman–Crippen LogP) is -0.818. The van der Waals surface area contributed by atoms with Gasteiger partial charge in [0.1, 0.15) is 6.29 Å². The van der Waals surface area contributed by atoms with Crippen molar-refractivity contribution < 1.29 is 4.39 Å². The molecular formula is C7H10FN7. The van der Waals surface area contributed by atoms with Crippen LogP contribution in [0.25, 0.3) is 11.2 Å². The number of nitrogens with two attached hydrogens (primary N) is 2. The monoisotopic (exact) mass is 211 g/mol. The molecule has 1 atom stereocenters. The maximum Gasteiger partial charge on any atom is 0.312 e. The maximum absolute atomic E-state index is 12.9. The second-order valence-electron chi connectivity index (χ2n) is 2.94. The van der Waals surface area contributed by atoms with Gasteiger partial charge in [-0.2, -0.15) is 14.4 Å². The van der Waals surface area contributed by atoms with Gasteiger partial charge in [-0.3, -0.25) is 15.6 Å². The first-order valence-corrected chi connectivity index (χ1v) is 4.22. The normalized spacial score (nSPS) is 13.3. The van der Waals surface area contributed by atoms with Crippen molar-refractivity contribution in [2.45, 2.75) is 6.29 Å². The molecule has 0 saturated carbocycles. The van der Waals surface area contributed by atoms with Crippen LogP contribution in [0.1, 0.15) is 6.29 Å². The molecule has 0 saturated heterocycles. The highest BCUT2D eigenvalue weighted by molar-refractivity contribution is 5.81. The van der Waals surface area contributed by atoms with Gasteiger partial charge in [-0.05, 0) is 7.05 Å². The van der Waals surface area contributed by atoms with E-state index in [9.17, 15) is 4.39 Å². The largest absolute Gasteiger partial charge is 0.382 e. The van der Waals surface area contributed by atoms with Crippen molar-refractivity contribution in [3.05, 3.63) is 12.4 Å². The van der Waals surface area contributed by atoms with Gasteiger partial charge in [0.15, 0.2) is 17.0 Å². The van der Waals surface area contributed by atoms with Crippen LogP contribution in [0.15, 0.2) is 6.33 Å². The summed E-state index contributed by atoms with van der Waals surface area (Å²) in [4.78, 5) is 10.9. The van der Waals surface area contributed by atoms with Gasteiger partial charge < -0.3 is 5.73 Å². The van der Waals surface area contributed by atoms with Crippen molar-refractivity contribution >= 4 is 17.0 Å². The Morgan fingerprint density at radius 3 is 2.93 bits per heavy atom. The maximum atomic E-state index is 12.9. The van der Waals surface area contributed by atoms with Crippen LogP contribution in [0.3, 0.4) is 0 Å². The zero-order valence-electron chi connectivity index (χ0n) is 7.98. The lowest BCUT2D eigenvalue weighted by Gasteiger charge is -2.11. The van der Waals surface area contributed by atoms with Gasteiger partial charge in [-0.15, -0.1) is 0 Å². The molecule has 5 N–H and O–H groups in total. The number of fused-ring (bicyclic) bond motifs is 1. The van der Waals surface area contributed by atoms with Crippen LogP contribution < -0.4 is 16.8 Å². The molecule has 2 heterocycles. The minimum Gasteiger partial charge on any atom is -0.382 e. The average molecular weight is 211 g/mol. The van der Waals surface area contributed by atoms with E-state index in [1.54, 1.807) is 7.05 Å². The molecule has 2 aromatic heterocycles. The van der Waals surface area contributed by atoms with E-state index in [4.69, 9.17) is 11.5 Å². The Morgan fingerprint density at radius 2 is 2.27 bits per heavy atom. The van der Waals surface area contributed by atoms with Crippen molar-refractivity contribution in [1.82, 2.24) is 24.8 Å². The van der Waals surface area contributed by atoms with Crippen LogP contribution in [0.2, 0.25) is 0 Å². The van der Waals surface area contributed by atoms with Gasteiger partial charge >= 0.3 is 6.08 Å². The standard InChI is InChI=1S/C7H10FN7/c1-11-7(10)15-2-12-3-4(9)13-6(8)14-5(3)15/h2,7,11H,10H2,1H3,(H2,9,13,14). The van der Waals surface area contributed by atoms with Gasteiger partial charge in [-0.1, -0.05) is 0 Å². The molecule has 0 aliphatic heterocycles. The number of aromatic nitrogens is 4. The smallest absolute Gasteiger partial charge is 0.312 e. The van der Waals surface area contributed by atoms with Crippen LogP contribution in [-0.2, 0) is 0 Å².